The van der Waals surface area contributed by atoms with Crippen molar-refractivity contribution in [2.45, 2.75) is 30.7 Å². The molecule has 0 saturated carbocycles. The number of aliphatic imine (C=N–C) groups is 1. The minimum atomic E-state index is -3.62. The summed E-state index contributed by atoms with van der Waals surface area (Å²) in [7, 11) is -3.62. The van der Waals surface area contributed by atoms with E-state index in [1.165, 1.54) is 16.5 Å². The third-order valence-electron chi connectivity index (χ3n) is 3.59. The highest BCUT2D eigenvalue weighted by Gasteiger charge is 2.30. The summed E-state index contributed by atoms with van der Waals surface area (Å²) < 4.78 is 26.7. The number of rotatable bonds is 3. The van der Waals surface area contributed by atoms with Gasteiger partial charge in [0.1, 0.15) is 0 Å². The number of sulfonamides is 1. The zero-order valence-electron chi connectivity index (χ0n) is 11.6. The van der Waals surface area contributed by atoms with Crippen LogP contribution in [0.4, 0.5) is 0 Å². The van der Waals surface area contributed by atoms with Crippen molar-refractivity contribution >= 4 is 16.1 Å². The highest BCUT2D eigenvalue weighted by Crippen LogP contribution is 2.25. The predicted octanol–water partition coefficient (Wildman–Crippen LogP) is 1.36. The first kappa shape index (κ1) is 15.4. The zero-order chi connectivity index (χ0) is 15.5. The molecule has 0 radical (unpaired) electrons. The molecule has 0 aromatic heterocycles. The average Bonchev–Trinajstić information content (AvgIpc) is 2.48. The van der Waals surface area contributed by atoms with Crippen LogP contribution in [0.5, 0.6) is 0 Å². The van der Waals surface area contributed by atoms with E-state index in [2.05, 4.69) is 4.99 Å². The van der Waals surface area contributed by atoms with Crippen LogP contribution in [0.3, 0.4) is 0 Å². The molecular weight excluding hydrogens is 290 g/mol. The van der Waals surface area contributed by atoms with Gasteiger partial charge in [0, 0.05) is 13.1 Å². The number of isocyanates is 1. The lowest BCUT2D eigenvalue weighted by atomic mass is 10.1. The third-order valence-corrected chi connectivity index (χ3v) is 5.63. The normalized spacial score (nSPS) is 17.0. The Labute approximate surface area is 123 Å². The summed E-state index contributed by atoms with van der Waals surface area (Å²) in [5.74, 6) is 0. The van der Waals surface area contributed by atoms with Gasteiger partial charge < -0.3 is 0 Å². The Bertz CT molecular complexity index is 722. The second-order valence-corrected chi connectivity index (χ2v) is 6.85. The quantitative estimate of drug-likeness (QED) is 0.622. The van der Waals surface area contributed by atoms with Crippen molar-refractivity contribution in [2.24, 2.45) is 4.99 Å². The summed E-state index contributed by atoms with van der Waals surface area (Å²) in [4.78, 5) is 14.0. The number of hydrogen-bond acceptors (Lipinski definition) is 5. The smallest absolute Gasteiger partial charge is 0.211 e. The molecule has 1 aliphatic rings. The van der Waals surface area contributed by atoms with Crippen LogP contribution in [0.25, 0.3) is 0 Å². The predicted molar refractivity (Wildman–Crippen MR) is 75.8 cm³/mol. The van der Waals surface area contributed by atoms with E-state index in [4.69, 9.17) is 5.26 Å². The number of carbonyl (C=O) groups excluding carboxylic acids is 1. The Kier molecular flexibility index (Phi) is 4.53. The number of aryl methyl sites for hydroxylation is 1. The van der Waals surface area contributed by atoms with Gasteiger partial charge in [0.2, 0.25) is 16.1 Å². The van der Waals surface area contributed by atoms with Crippen molar-refractivity contribution in [1.29, 1.82) is 5.26 Å². The van der Waals surface area contributed by atoms with E-state index in [1.54, 1.807) is 19.1 Å². The second kappa shape index (κ2) is 6.19. The van der Waals surface area contributed by atoms with Crippen LogP contribution in [-0.4, -0.2) is 37.9 Å². The largest absolute Gasteiger partial charge is 0.243 e. The summed E-state index contributed by atoms with van der Waals surface area (Å²) in [5, 5.41) is 8.92. The van der Waals surface area contributed by atoms with Gasteiger partial charge in [-0.05, 0) is 37.5 Å². The molecule has 1 fully saturated rings. The van der Waals surface area contributed by atoms with Crippen LogP contribution in [0.2, 0.25) is 0 Å². The number of piperidine rings is 1. The lowest BCUT2D eigenvalue weighted by Gasteiger charge is -2.29. The summed E-state index contributed by atoms with van der Waals surface area (Å²) in [6.45, 7) is 2.33. The molecule has 0 unspecified atom stereocenters. The maximum absolute atomic E-state index is 12.6. The van der Waals surface area contributed by atoms with Gasteiger partial charge in [-0.1, -0.05) is 6.07 Å². The Morgan fingerprint density at radius 1 is 1.33 bits per heavy atom. The number of hydrogen-bond donors (Lipinski definition) is 0. The van der Waals surface area contributed by atoms with Crippen LogP contribution in [-0.2, 0) is 14.8 Å². The van der Waals surface area contributed by atoms with Gasteiger partial charge in [0.25, 0.3) is 0 Å². The fourth-order valence-electron chi connectivity index (χ4n) is 2.37. The monoisotopic (exact) mass is 305 g/mol. The maximum Gasteiger partial charge on any atom is 0.243 e. The van der Waals surface area contributed by atoms with E-state index in [0.29, 0.717) is 37.1 Å². The first-order chi connectivity index (χ1) is 9.98. The van der Waals surface area contributed by atoms with Crippen molar-refractivity contribution < 1.29 is 13.2 Å². The molecule has 110 valence electrons. The lowest BCUT2D eigenvalue weighted by molar-refractivity contribution is 0.320. The van der Waals surface area contributed by atoms with E-state index in [9.17, 15) is 13.2 Å². The lowest BCUT2D eigenvalue weighted by Crippen LogP contribution is -2.39. The van der Waals surface area contributed by atoms with E-state index >= 15 is 0 Å². The van der Waals surface area contributed by atoms with Gasteiger partial charge in [0.05, 0.1) is 22.6 Å². The molecule has 0 spiro atoms. The molecular formula is C14H15N3O3S. The molecule has 0 aliphatic carbocycles. The Morgan fingerprint density at radius 2 is 2.00 bits per heavy atom. The highest BCUT2D eigenvalue weighted by atomic mass is 32.2. The average molecular weight is 305 g/mol. The molecule has 0 atom stereocenters. The Balaban J connectivity index is 2.28. The van der Waals surface area contributed by atoms with Crippen LogP contribution in [0.1, 0.15) is 24.0 Å². The molecule has 1 aromatic rings. The summed E-state index contributed by atoms with van der Waals surface area (Å²) >= 11 is 0. The highest BCUT2D eigenvalue weighted by molar-refractivity contribution is 7.89. The molecule has 1 aromatic carbocycles. The van der Waals surface area contributed by atoms with Crippen LogP contribution >= 0.6 is 0 Å². The van der Waals surface area contributed by atoms with Crippen molar-refractivity contribution in [3.8, 4) is 6.07 Å². The van der Waals surface area contributed by atoms with E-state index < -0.39 is 10.0 Å². The molecule has 2 rings (SSSR count). The minimum Gasteiger partial charge on any atom is -0.211 e. The molecule has 0 N–H and O–H groups in total. The molecule has 1 heterocycles. The fourth-order valence-corrected chi connectivity index (χ4v) is 4.09. The summed E-state index contributed by atoms with van der Waals surface area (Å²) in [5.41, 5.74) is 0.932. The fraction of sp³-hybridized carbons (Fsp3) is 0.429. The standard InChI is InChI=1S/C14H15N3O3S/c1-11-2-3-12(9-15)8-14(11)21(19,20)17-6-4-13(5-7-17)16-10-18/h2-3,8,13H,4-7H2,1H3. The summed E-state index contributed by atoms with van der Waals surface area (Å²) in [6, 6.07) is 6.43. The van der Waals surface area contributed by atoms with Crippen LogP contribution < -0.4 is 0 Å². The van der Waals surface area contributed by atoms with Gasteiger partial charge in [-0.25, -0.2) is 18.2 Å². The van der Waals surface area contributed by atoms with E-state index in [0.717, 1.165) is 0 Å². The minimum absolute atomic E-state index is 0.152. The van der Waals surface area contributed by atoms with Gasteiger partial charge >= 0.3 is 0 Å². The van der Waals surface area contributed by atoms with E-state index in [1.807, 2.05) is 6.07 Å². The number of benzene rings is 1. The molecule has 7 heteroatoms. The molecule has 21 heavy (non-hydrogen) atoms. The molecule has 6 nitrogen and oxygen atoms in total. The molecule has 1 aliphatic heterocycles. The zero-order valence-corrected chi connectivity index (χ0v) is 12.4. The Morgan fingerprint density at radius 3 is 2.57 bits per heavy atom. The molecule has 0 bridgehead atoms. The number of nitrogens with zero attached hydrogens (tertiary/aromatic N) is 3. The van der Waals surface area contributed by atoms with Crippen molar-refractivity contribution in [2.75, 3.05) is 13.1 Å². The van der Waals surface area contributed by atoms with Crippen LogP contribution in [0.15, 0.2) is 28.1 Å². The summed E-state index contributed by atoms with van der Waals surface area (Å²) in [6.07, 6.45) is 2.53. The SMILES string of the molecule is Cc1ccc(C#N)cc1S(=O)(=O)N1CCC(N=C=O)CC1. The first-order valence-electron chi connectivity index (χ1n) is 6.57. The van der Waals surface area contributed by atoms with Crippen molar-refractivity contribution in [3.63, 3.8) is 0 Å². The molecule has 0 amide bonds. The third kappa shape index (κ3) is 3.19. The second-order valence-electron chi connectivity index (χ2n) is 4.95. The van der Waals surface area contributed by atoms with Crippen molar-refractivity contribution in [1.82, 2.24) is 4.31 Å². The van der Waals surface area contributed by atoms with Gasteiger partial charge in [-0.2, -0.15) is 9.57 Å². The topological polar surface area (TPSA) is 90.6 Å². The Hall–Kier alpha value is -2.00. The van der Waals surface area contributed by atoms with Crippen molar-refractivity contribution in [3.05, 3.63) is 29.3 Å². The first-order valence-corrected chi connectivity index (χ1v) is 8.01. The van der Waals surface area contributed by atoms with Gasteiger partial charge in [0.15, 0.2) is 0 Å². The molecule has 1 saturated heterocycles. The van der Waals surface area contributed by atoms with Gasteiger partial charge in [-0.3, -0.25) is 0 Å². The maximum atomic E-state index is 12.6. The van der Waals surface area contributed by atoms with E-state index in [-0.39, 0.29) is 10.9 Å². The van der Waals surface area contributed by atoms with Gasteiger partial charge in [-0.15, -0.1) is 0 Å². The van der Waals surface area contributed by atoms with Crippen LogP contribution in [0, 0.1) is 18.3 Å². The number of nitriles is 1.